The van der Waals surface area contributed by atoms with E-state index in [-0.39, 0.29) is 6.04 Å². The van der Waals surface area contributed by atoms with Crippen molar-refractivity contribution in [3.05, 3.63) is 63.8 Å². The van der Waals surface area contributed by atoms with Crippen LogP contribution in [0.1, 0.15) is 17.3 Å². The number of likely N-dealkylation sites (N-methyl/N-ethyl adjacent to an activating group) is 1. The van der Waals surface area contributed by atoms with E-state index in [0.717, 1.165) is 27.6 Å². The summed E-state index contributed by atoms with van der Waals surface area (Å²) >= 11 is 4.93. The van der Waals surface area contributed by atoms with Gasteiger partial charge in [-0.1, -0.05) is 30.3 Å². The Morgan fingerprint density at radius 2 is 2.05 bits per heavy atom. The lowest BCUT2D eigenvalue weighted by Crippen LogP contribution is -2.18. The van der Waals surface area contributed by atoms with Crippen LogP contribution in [0.2, 0.25) is 0 Å². The SMILES string of the molecule is CNC(Cc1csc(-c2ccc(Br)o2)n1)c1ccccc1. The molecular weight excluding hydrogens is 348 g/mol. The summed E-state index contributed by atoms with van der Waals surface area (Å²) < 4.78 is 6.28. The molecular formula is C16H15BrN2OS. The van der Waals surface area contributed by atoms with Gasteiger partial charge in [-0.3, -0.25) is 0 Å². The molecule has 108 valence electrons. The lowest BCUT2D eigenvalue weighted by Gasteiger charge is -2.15. The Kier molecular flexibility index (Phi) is 4.53. The Bertz CT molecular complexity index is 708. The molecule has 3 rings (SSSR count). The summed E-state index contributed by atoms with van der Waals surface area (Å²) in [4.78, 5) is 4.67. The van der Waals surface area contributed by atoms with Gasteiger partial charge in [0.1, 0.15) is 0 Å². The van der Waals surface area contributed by atoms with Gasteiger partial charge in [0.15, 0.2) is 15.4 Å². The fourth-order valence-electron chi connectivity index (χ4n) is 2.22. The second kappa shape index (κ2) is 6.56. The van der Waals surface area contributed by atoms with Crippen LogP contribution in [0.3, 0.4) is 0 Å². The number of rotatable bonds is 5. The minimum atomic E-state index is 0.268. The van der Waals surface area contributed by atoms with Crippen LogP contribution in [0, 0.1) is 0 Å². The van der Waals surface area contributed by atoms with Crippen LogP contribution < -0.4 is 5.32 Å². The minimum absolute atomic E-state index is 0.268. The van der Waals surface area contributed by atoms with Crippen molar-refractivity contribution in [3.63, 3.8) is 0 Å². The van der Waals surface area contributed by atoms with Gasteiger partial charge in [-0.05, 0) is 40.7 Å². The van der Waals surface area contributed by atoms with Gasteiger partial charge in [0.25, 0.3) is 0 Å². The molecule has 21 heavy (non-hydrogen) atoms. The first-order valence-electron chi connectivity index (χ1n) is 6.68. The average Bonchev–Trinajstić information content (AvgIpc) is 3.14. The quantitative estimate of drug-likeness (QED) is 0.716. The third kappa shape index (κ3) is 3.43. The second-order valence-corrected chi connectivity index (χ2v) is 6.34. The van der Waals surface area contributed by atoms with Gasteiger partial charge in [0.2, 0.25) is 0 Å². The Labute approximate surface area is 136 Å². The fraction of sp³-hybridized carbons (Fsp3) is 0.188. The topological polar surface area (TPSA) is 38.1 Å². The average molecular weight is 363 g/mol. The lowest BCUT2D eigenvalue weighted by atomic mass is 10.0. The van der Waals surface area contributed by atoms with E-state index in [1.807, 2.05) is 25.2 Å². The third-order valence-electron chi connectivity index (χ3n) is 3.30. The maximum absolute atomic E-state index is 5.55. The molecule has 2 heterocycles. The third-order valence-corrected chi connectivity index (χ3v) is 4.63. The summed E-state index contributed by atoms with van der Waals surface area (Å²) in [6.07, 6.45) is 0.860. The first-order chi connectivity index (χ1) is 10.3. The molecule has 1 unspecified atom stereocenters. The Morgan fingerprint density at radius 1 is 1.24 bits per heavy atom. The number of furan rings is 1. The van der Waals surface area contributed by atoms with Crippen molar-refractivity contribution >= 4 is 27.3 Å². The molecule has 0 radical (unpaired) electrons. The molecule has 0 fully saturated rings. The summed E-state index contributed by atoms with van der Waals surface area (Å²) in [6.45, 7) is 0. The van der Waals surface area contributed by atoms with Crippen molar-refractivity contribution in [3.8, 4) is 10.8 Å². The van der Waals surface area contributed by atoms with Crippen molar-refractivity contribution in [2.24, 2.45) is 0 Å². The molecule has 0 aliphatic rings. The number of thiazole rings is 1. The molecule has 2 aromatic heterocycles. The number of aromatic nitrogens is 1. The van der Waals surface area contributed by atoms with Gasteiger partial charge >= 0.3 is 0 Å². The van der Waals surface area contributed by atoms with E-state index in [2.05, 4.69) is 55.9 Å². The summed E-state index contributed by atoms with van der Waals surface area (Å²) in [7, 11) is 1.98. The second-order valence-electron chi connectivity index (χ2n) is 4.70. The monoisotopic (exact) mass is 362 g/mol. The van der Waals surface area contributed by atoms with Crippen LogP contribution in [0.4, 0.5) is 0 Å². The summed E-state index contributed by atoms with van der Waals surface area (Å²) in [5.41, 5.74) is 2.35. The van der Waals surface area contributed by atoms with Crippen molar-refractivity contribution < 1.29 is 4.42 Å². The number of hydrogen-bond acceptors (Lipinski definition) is 4. The number of hydrogen-bond donors (Lipinski definition) is 1. The summed E-state index contributed by atoms with van der Waals surface area (Å²) in [5, 5.41) is 6.37. The summed E-state index contributed by atoms with van der Waals surface area (Å²) in [5.74, 6) is 0.804. The zero-order valence-electron chi connectivity index (χ0n) is 11.5. The highest BCUT2D eigenvalue weighted by molar-refractivity contribution is 9.10. The number of nitrogens with one attached hydrogen (secondary N) is 1. The van der Waals surface area contributed by atoms with E-state index in [1.165, 1.54) is 5.56 Å². The number of nitrogens with zero attached hydrogens (tertiary/aromatic N) is 1. The first kappa shape index (κ1) is 14.5. The highest BCUT2D eigenvalue weighted by atomic mass is 79.9. The molecule has 3 aromatic rings. The highest BCUT2D eigenvalue weighted by Crippen LogP contribution is 2.29. The lowest BCUT2D eigenvalue weighted by molar-refractivity contribution is 0.554. The summed E-state index contributed by atoms with van der Waals surface area (Å²) in [6, 6.07) is 14.5. The Balaban J connectivity index is 1.77. The van der Waals surface area contributed by atoms with E-state index in [0.29, 0.717) is 0 Å². The Morgan fingerprint density at radius 3 is 2.71 bits per heavy atom. The zero-order chi connectivity index (χ0) is 14.7. The molecule has 0 aliphatic heterocycles. The maximum atomic E-state index is 5.55. The van der Waals surface area contributed by atoms with Crippen molar-refractivity contribution in [1.29, 1.82) is 0 Å². The maximum Gasteiger partial charge on any atom is 0.170 e. The standard InChI is InChI=1S/C16H15BrN2OS/c1-18-13(11-5-3-2-4-6-11)9-12-10-21-16(19-12)14-7-8-15(17)20-14/h2-8,10,13,18H,9H2,1H3. The van der Waals surface area contributed by atoms with E-state index in [9.17, 15) is 0 Å². The van der Waals surface area contributed by atoms with Crippen molar-refractivity contribution in [2.45, 2.75) is 12.5 Å². The molecule has 0 bridgehead atoms. The van der Waals surface area contributed by atoms with Crippen molar-refractivity contribution in [1.82, 2.24) is 10.3 Å². The van der Waals surface area contributed by atoms with E-state index in [4.69, 9.17) is 4.42 Å². The number of benzene rings is 1. The molecule has 0 saturated carbocycles. The van der Waals surface area contributed by atoms with Crippen LogP contribution in [-0.4, -0.2) is 12.0 Å². The molecule has 1 atom stereocenters. The normalized spacial score (nSPS) is 12.5. The molecule has 5 heteroatoms. The molecule has 0 amide bonds. The van der Waals surface area contributed by atoms with E-state index in [1.54, 1.807) is 11.3 Å². The predicted octanol–water partition coefficient (Wildman–Crippen LogP) is 4.67. The molecule has 0 aliphatic carbocycles. The van der Waals surface area contributed by atoms with Gasteiger partial charge in [0, 0.05) is 17.8 Å². The van der Waals surface area contributed by atoms with Crippen LogP contribution in [0.25, 0.3) is 10.8 Å². The zero-order valence-corrected chi connectivity index (χ0v) is 13.9. The van der Waals surface area contributed by atoms with Crippen LogP contribution >= 0.6 is 27.3 Å². The van der Waals surface area contributed by atoms with Gasteiger partial charge in [-0.2, -0.15) is 0 Å². The van der Waals surface area contributed by atoms with E-state index < -0.39 is 0 Å². The Hall–Kier alpha value is -1.43. The minimum Gasteiger partial charge on any atom is -0.447 e. The molecule has 3 nitrogen and oxygen atoms in total. The molecule has 0 saturated heterocycles. The van der Waals surface area contributed by atoms with E-state index >= 15 is 0 Å². The first-order valence-corrected chi connectivity index (χ1v) is 8.36. The predicted molar refractivity (Wildman–Crippen MR) is 89.5 cm³/mol. The number of halogens is 1. The molecule has 1 N–H and O–H groups in total. The highest BCUT2D eigenvalue weighted by Gasteiger charge is 2.14. The van der Waals surface area contributed by atoms with Crippen LogP contribution in [-0.2, 0) is 6.42 Å². The van der Waals surface area contributed by atoms with Gasteiger partial charge in [-0.25, -0.2) is 4.98 Å². The van der Waals surface area contributed by atoms with Gasteiger partial charge in [-0.15, -0.1) is 11.3 Å². The van der Waals surface area contributed by atoms with Crippen molar-refractivity contribution in [2.75, 3.05) is 7.05 Å². The smallest absolute Gasteiger partial charge is 0.170 e. The molecule has 0 spiro atoms. The molecule has 1 aromatic carbocycles. The van der Waals surface area contributed by atoms with Gasteiger partial charge < -0.3 is 9.73 Å². The fourth-order valence-corrected chi connectivity index (χ4v) is 3.32. The van der Waals surface area contributed by atoms with Crippen LogP contribution in [0.15, 0.2) is 56.9 Å². The largest absolute Gasteiger partial charge is 0.447 e. The van der Waals surface area contributed by atoms with Crippen LogP contribution in [0.5, 0.6) is 0 Å². The van der Waals surface area contributed by atoms with Gasteiger partial charge in [0.05, 0.1) is 5.69 Å².